The first-order valence-corrected chi connectivity index (χ1v) is 7.61. The molecule has 1 aliphatic rings. The number of thioether (sulfide) groups is 2. The van der Waals surface area contributed by atoms with E-state index in [1.54, 1.807) is 11.8 Å². The van der Waals surface area contributed by atoms with Gasteiger partial charge >= 0.3 is 0 Å². The molecule has 1 aromatic carbocycles. The molecule has 0 fully saturated rings. The van der Waals surface area contributed by atoms with Gasteiger partial charge in [0.1, 0.15) is 0 Å². The first-order valence-electron chi connectivity index (χ1n) is 5.75. The number of hydrogen-bond donors (Lipinski definition) is 1. The van der Waals surface area contributed by atoms with Crippen LogP contribution in [0, 0.1) is 0 Å². The molecular formula is C12H13N3OS2. The number of nitrogens with zero attached hydrogens (tertiary/aromatic N) is 2. The van der Waals surface area contributed by atoms with Gasteiger partial charge in [-0.15, -0.1) is 22.0 Å². The van der Waals surface area contributed by atoms with Crippen LogP contribution in [0.25, 0.3) is 0 Å². The fraction of sp³-hybridized carbons (Fsp3) is 0.333. The molecule has 0 amide bonds. The van der Waals surface area contributed by atoms with Gasteiger partial charge in [-0.2, -0.15) is 0 Å². The summed E-state index contributed by atoms with van der Waals surface area (Å²) in [7, 11) is 0. The van der Waals surface area contributed by atoms with Gasteiger partial charge in [-0.3, -0.25) is 0 Å². The molecule has 0 radical (unpaired) electrons. The smallest absolute Gasteiger partial charge is 0.276 e. The topological polar surface area (TPSA) is 64.9 Å². The fourth-order valence-electron chi connectivity index (χ4n) is 1.89. The summed E-state index contributed by atoms with van der Waals surface area (Å²) in [6, 6.07) is 8.57. The highest BCUT2D eigenvalue weighted by molar-refractivity contribution is 8.03. The minimum absolute atomic E-state index is 0.303. The second-order valence-corrected chi connectivity index (χ2v) is 6.34. The van der Waals surface area contributed by atoms with Gasteiger partial charge in [-0.05, 0) is 18.1 Å². The maximum absolute atomic E-state index is 5.43. The van der Waals surface area contributed by atoms with Crippen molar-refractivity contribution in [3.8, 4) is 0 Å². The van der Waals surface area contributed by atoms with Gasteiger partial charge in [0.25, 0.3) is 5.22 Å². The van der Waals surface area contributed by atoms with Gasteiger partial charge in [0.05, 0.1) is 6.54 Å². The standard InChI is InChI=1S/C12H13N3OS2/c13-6-11-14-15-12(16-11)17-7-9-5-8-3-1-2-4-10(8)18-9/h1-4,9H,5-7,13H2. The van der Waals surface area contributed by atoms with Crippen LogP contribution in [0.5, 0.6) is 0 Å². The lowest BCUT2D eigenvalue weighted by Crippen LogP contribution is -2.03. The summed E-state index contributed by atoms with van der Waals surface area (Å²) in [5.74, 6) is 1.48. The average Bonchev–Trinajstić information content (AvgIpc) is 3.02. The third-order valence-electron chi connectivity index (χ3n) is 2.73. The zero-order valence-corrected chi connectivity index (χ0v) is 11.3. The molecule has 1 atom stereocenters. The number of benzene rings is 1. The van der Waals surface area contributed by atoms with Crippen LogP contribution in [0.1, 0.15) is 11.5 Å². The second-order valence-electron chi connectivity index (χ2n) is 4.03. The predicted octanol–water partition coefficient (Wildman–Crippen LogP) is 2.34. The summed E-state index contributed by atoms with van der Waals surface area (Å²) >= 11 is 3.54. The Balaban J connectivity index is 1.57. The van der Waals surface area contributed by atoms with Crippen LogP contribution in [0.4, 0.5) is 0 Å². The lowest BCUT2D eigenvalue weighted by molar-refractivity contribution is 0.415. The van der Waals surface area contributed by atoms with Gasteiger partial charge in [0.15, 0.2) is 0 Å². The van der Waals surface area contributed by atoms with Crippen molar-refractivity contribution in [3.63, 3.8) is 0 Å². The molecule has 94 valence electrons. The molecule has 4 nitrogen and oxygen atoms in total. The van der Waals surface area contributed by atoms with Gasteiger partial charge in [0, 0.05) is 15.9 Å². The lowest BCUT2D eigenvalue weighted by Gasteiger charge is -2.04. The highest BCUT2D eigenvalue weighted by Crippen LogP contribution is 2.38. The van der Waals surface area contributed by atoms with E-state index < -0.39 is 0 Å². The SMILES string of the molecule is NCc1nnc(SCC2Cc3ccccc3S2)o1. The van der Waals surface area contributed by atoms with Crippen molar-refractivity contribution in [2.24, 2.45) is 5.73 Å². The van der Waals surface area contributed by atoms with Crippen molar-refractivity contribution >= 4 is 23.5 Å². The first kappa shape index (κ1) is 12.1. The van der Waals surface area contributed by atoms with E-state index >= 15 is 0 Å². The Labute approximate surface area is 114 Å². The first-order chi connectivity index (χ1) is 8.85. The van der Waals surface area contributed by atoms with E-state index in [9.17, 15) is 0 Å². The number of hydrogen-bond acceptors (Lipinski definition) is 6. The molecule has 2 N–H and O–H groups in total. The quantitative estimate of drug-likeness (QED) is 0.867. The van der Waals surface area contributed by atoms with Crippen LogP contribution in [0.15, 0.2) is 38.8 Å². The molecule has 1 aliphatic heterocycles. The van der Waals surface area contributed by atoms with E-state index in [4.69, 9.17) is 10.2 Å². The summed E-state index contributed by atoms with van der Waals surface area (Å²) in [5.41, 5.74) is 6.87. The summed E-state index contributed by atoms with van der Waals surface area (Å²) < 4.78 is 5.38. The molecule has 0 saturated heterocycles. The minimum atomic E-state index is 0.303. The molecule has 3 rings (SSSR count). The van der Waals surface area contributed by atoms with Crippen molar-refractivity contribution in [1.82, 2.24) is 10.2 Å². The molecule has 6 heteroatoms. The Hall–Kier alpha value is -0.980. The lowest BCUT2D eigenvalue weighted by atomic mass is 10.1. The van der Waals surface area contributed by atoms with Crippen molar-refractivity contribution < 1.29 is 4.42 Å². The zero-order valence-electron chi connectivity index (χ0n) is 9.70. The monoisotopic (exact) mass is 279 g/mol. The van der Waals surface area contributed by atoms with Gasteiger partial charge in [0.2, 0.25) is 5.89 Å². The van der Waals surface area contributed by atoms with Crippen molar-refractivity contribution in [2.45, 2.75) is 28.3 Å². The number of nitrogens with two attached hydrogens (primary N) is 1. The van der Waals surface area contributed by atoms with Crippen molar-refractivity contribution in [2.75, 3.05) is 5.75 Å². The Kier molecular flexibility index (Phi) is 3.58. The highest BCUT2D eigenvalue weighted by atomic mass is 32.2. The Morgan fingerprint density at radius 3 is 3.06 bits per heavy atom. The summed E-state index contributed by atoms with van der Waals surface area (Å²) in [4.78, 5) is 1.40. The van der Waals surface area contributed by atoms with Gasteiger partial charge in [-0.25, -0.2) is 0 Å². The van der Waals surface area contributed by atoms with E-state index in [2.05, 4.69) is 34.5 Å². The van der Waals surface area contributed by atoms with E-state index in [0.717, 1.165) is 12.2 Å². The summed E-state index contributed by atoms with van der Waals surface area (Å²) in [6.45, 7) is 0.303. The average molecular weight is 279 g/mol. The third kappa shape index (κ3) is 2.55. The van der Waals surface area contributed by atoms with Crippen molar-refractivity contribution in [1.29, 1.82) is 0 Å². The largest absolute Gasteiger partial charge is 0.415 e. The Bertz CT molecular complexity index is 519. The molecule has 0 bridgehead atoms. The number of rotatable bonds is 4. The van der Waals surface area contributed by atoms with Crippen LogP contribution in [-0.2, 0) is 13.0 Å². The zero-order chi connectivity index (χ0) is 12.4. The molecule has 2 aromatic rings. The summed E-state index contributed by atoms with van der Waals surface area (Å²) in [6.07, 6.45) is 1.12. The van der Waals surface area contributed by atoms with Crippen LogP contribution in [0.3, 0.4) is 0 Å². The predicted molar refractivity (Wildman–Crippen MR) is 72.7 cm³/mol. The summed E-state index contributed by atoms with van der Waals surface area (Å²) in [5, 5.41) is 9.01. The molecule has 0 aliphatic carbocycles. The molecular weight excluding hydrogens is 266 g/mol. The van der Waals surface area contributed by atoms with E-state index in [1.165, 1.54) is 10.5 Å². The van der Waals surface area contributed by atoms with Gasteiger partial charge in [-0.1, -0.05) is 30.0 Å². The molecule has 1 aromatic heterocycles. The fourth-order valence-corrected chi connectivity index (χ4v) is 4.15. The van der Waals surface area contributed by atoms with Gasteiger partial charge < -0.3 is 10.2 Å². The van der Waals surface area contributed by atoms with Crippen LogP contribution in [-0.4, -0.2) is 21.2 Å². The highest BCUT2D eigenvalue weighted by Gasteiger charge is 2.22. The third-order valence-corrected chi connectivity index (χ3v) is 5.24. The molecule has 0 spiro atoms. The Morgan fingerprint density at radius 2 is 2.28 bits per heavy atom. The van der Waals surface area contributed by atoms with Crippen LogP contribution < -0.4 is 5.73 Å². The second kappa shape index (κ2) is 5.34. The minimum Gasteiger partial charge on any atom is -0.415 e. The van der Waals surface area contributed by atoms with E-state index in [1.807, 2.05) is 11.8 Å². The van der Waals surface area contributed by atoms with E-state index in [-0.39, 0.29) is 0 Å². The van der Waals surface area contributed by atoms with E-state index in [0.29, 0.717) is 22.9 Å². The Morgan fingerprint density at radius 1 is 1.39 bits per heavy atom. The van der Waals surface area contributed by atoms with Crippen molar-refractivity contribution in [3.05, 3.63) is 35.7 Å². The normalized spacial score (nSPS) is 17.9. The number of aromatic nitrogens is 2. The molecule has 0 saturated carbocycles. The van der Waals surface area contributed by atoms with Crippen LogP contribution in [0.2, 0.25) is 0 Å². The maximum atomic E-state index is 5.43. The molecule has 1 unspecified atom stereocenters. The molecule has 2 heterocycles. The maximum Gasteiger partial charge on any atom is 0.276 e. The molecule has 18 heavy (non-hydrogen) atoms. The number of fused-ring (bicyclic) bond motifs is 1. The van der Waals surface area contributed by atoms with Crippen LogP contribution >= 0.6 is 23.5 Å².